The first-order valence-corrected chi connectivity index (χ1v) is 6.54. The Kier molecular flexibility index (Phi) is 2.74. The maximum Gasteiger partial charge on any atom is 0.266 e. The van der Waals surface area contributed by atoms with Crippen molar-refractivity contribution in [2.75, 3.05) is 12.4 Å². The van der Waals surface area contributed by atoms with E-state index < -0.39 is 9.84 Å². The molecule has 0 saturated heterocycles. The van der Waals surface area contributed by atoms with E-state index in [-0.39, 0.29) is 23.9 Å². The standard InChI is InChI=1S/C8H13N3O3S/c12-4-1-5-15(13,14)8-9-7(10-11-8)6-2-3-6/h6,12H,1-5H2,(H,9,10,11). The zero-order valence-electron chi connectivity index (χ0n) is 8.18. The predicted molar refractivity (Wildman–Crippen MR) is 52.1 cm³/mol. The molecule has 0 atom stereocenters. The molecule has 7 heteroatoms. The highest BCUT2D eigenvalue weighted by Crippen LogP contribution is 2.37. The highest BCUT2D eigenvalue weighted by molar-refractivity contribution is 7.91. The van der Waals surface area contributed by atoms with Crippen LogP contribution in [-0.4, -0.2) is 41.1 Å². The number of sulfone groups is 1. The second-order valence-corrected chi connectivity index (χ2v) is 5.68. The van der Waals surface area contributed by atoms with Gasteiger partial charge in [-0.3, -0.25) is 5.10 Å². The number of rotatable bonds is 5. The number of aromatic amines is 1. The highest BCUT2D eigenvalue weighted by Gasteiger charge is 2.29. The number of hydrogen-bond donors (Lipinski definition) is 2. The van der Waals surface area contributed by atoms with Gasteiger partial charge in [0.05, 0.1) is 5.75 Å². The van der Waals surface area contributed by atoms with Gasteiger partial charge in [-0.2, -0.15) is 0 Å². The normalized spacial score (nSPS) is 16.9. The topological polar surface area (TPSA) is 95.9 Å². The number of nitrogens with zero attached hydrogens (tertiary/aromatic N) is 2. The maximum atomic E-state index is 11.6. The van der Waals surface area contributed by atoms with E-state index in [1.807, 2.05) is 0 Å². The van der Waals surface area contributed by atoms with Gasteiger partial charge in [-0.1, -0.05) is 0 Å². The molecule has 1 saturated carbocycles. The third-order valence-corrected chi connectivity index (χ3v) is 3.86. The average Bonchev–Trinajstić information content (AvgIpc) is 2.93. The monoisotopic (exact) mass is 231 g/mol. The minimum Gasteiger partial charge on any atom is -0.396 e. The van der Waals surface area contributed by atoms with Crippen LogP contribution in [0.25, 0.3) is 0 Å². The Labute approximate surface area is 87.7 Å². The molecule has 0 spiro atoms. The first-order valence-electron chi connectivity index (χ1n) is 4.89. The van der Waals surface area contributed by atoms with Crippen LogP contribution >= 0.6 is 0 Å². The summed E-state index contributed by atoms with van der Waals surface area (Å²) in [6, 6.07) is 0. The van der Waals surface area contributed by atoms with Crippen LogP contribution in [0.1, 0.15) is 31.0 Å². The Hall–Kier alpha value is -0.950. The summed E-state index contributed by atoms with van der Waals surface area (Å²) in [5.74, 6) is 0.919. The van der Waals surface area contributed by atoms with E-state index in [0.29, 0.717) is 11.7 Å². The lowest BCUT2D eigenvalue weighted by atomic mass is 10.4. The Morgan fingerprint density at radius 2 is 2.20 bits per heavy atom. The fourth-order valence-corrected chi connectivity index (χ4v) is 2.40. The molecule has 2 N–H and O–H groups in total. The number of H-pyrrole nitrogens is 1. The Morgan fingerprint density at radius 1 is 1.47 bits per heavy atom. The summed E-state index contributed by atoms with van der Waals surface area (Å²) in [4.78, 5) is 3.96. The lowest BCUT2D eigenvalue weighted by molar-refractivity contribution is 0.295. The molecule has 84 valence electrons. The van der Waals surface area contributed by atoms with E-state index in [0.717, 1.165) is 12.8 Å². The van der Waals surface area contributed by atoms with Gasteiger partial charge in [0, 0.05) is 12.5 Å². The molecule has 0 aromatic carbocycles. The number of aliphatic hydroxyl groups excluding tert-OH is 1. The van der Waals surface area contributed by atoms with Crippen LogP contribution < -0.4 is 0 Å². The molecule has 6 nitrogen and oxygen atoms in total. The smallest absolute Gasteiger partial charge is 0.266 e. The van der Waals surface area contributed by atoms with Gasteiger partial charge in [-0.15, -0.1) is 5.10 Å². The van der Waals surface area contributed by atoms with E-state index in [1.54, 1.807) is 0 Å². The molecule has 1 aromatic rings. The van der Waals surface area contributed by atoms with E-state index in [4.69, 9.17) is 5.11 Å². The summed E-state index contributed by atoms with van der Waals surface area (Å²) < 4.78 is 23.2. The Balaban J connectivity index is 2.13. The van der Waals surface area contributed by atoms with Crippen LogP contribution in [0, 0.1) is 0 Å². The van der Waals surface area contributed by atoms with E-state index in [9.17, 15) is 8.42 Å². The summed E-state index contributed by atoms with van der Waals surface area (Å²) >= 11 is 0. The van der Waals surface area contributed by atoms with Gasteiger partial charge < -0.3 is 5.11 Å². The number of nitrogens with one attached hydrogen (secondary N) is 1. The van der Waals surface area contributed by atoms with Crippen molar-refractivity contribution >= 4 is 9.84 Å². The lowest BCUT2D eigenvalue weighted by Gasteiger charge is -1.96. The van der Waals surface area contributed by atoms with Crippen LogP contribution in [0.15, 0.2) is 5.16 Å². The molecular formula is C8H13N3O3S. The zero-order valence-corrected chi connectivity index (χ0v) is 9.00. The van der Waals surface area contributed by atoms with E-state index >= 15 is 0 Å². The van der Waals surface area contributed by atoms with Crippen molar-refractivity contribution in [3.05, 3.63) is 5.82 Å². The van der Waals surface area contributed by atoms with E-state index in [2.05, 4.69) is 15.2 Å². The summed E-state index contributed by atoms with van der Waals surface area (Å²) in [5.41, 5.74) is 0. The Bertz CT molecular complexity index is 436. The summed E-state index contributed by atoms with van der Waals surface area (Å²) in [6.45, 7) is -0.140. The van der Waals surface area contributed by atoms with Crippen molar-refractivity contribution < 1.29 is 13.5 Å². The molecule has 1 fully saturated rings. The molecular weight excluding hydrogens is 218 g/mol. The van der Waals surface area contributed by atoms with Crippen molar-refractivity contribution in [3.8, 4) is 0 Å². The van der Waals surface area contributed by atoms with Crippen LogP contribution in [0.4, 0.5) is 0 Å². The van der Waals surface area contributed by atoms with Gasteiger partial charge in [-0.05, 0) is 19.3 Å². The molecule has 0 radical (unpaired) electrons. The minimum atomic E-state index is -3.42. The van der Waals surface area contributed by atoms with Crippen molar-refractivity contribution in [1.82, 2.24) is 15.2 Å². The van der Waals surface area contributed by atoms with Gasteiger partial charge in [0.2, 0.25) is 9.84 Å². The molecule has 1 aliphatic rings. The summed E-state index contributed by atoms with van der Waals surface area (Å²) in [6.07, 6.45) is 2.31. The summed E-state index contributed by atoms with van der Waals surface area (Å²) in [5, 5.41) is 14.8. The fraction of sp³-hybridized carbons (Fsp3) is 0.750. The largest absolute Gasteiger partial charge is 0.396 e. The van der Waals surface area contributed by atoms with Crippen molar-refractivity contribution in [1.29, 1.82) is 0 Å². The minimum absolute atomic E-state index is 0.106. The van der Waals surface area contributed by atoms with Crippen molar-refractivity contribution in [3.63, 3.8) is 0 Å². The molecule has 1 aliphatic carbocycles. The second-order valence-electron chi connectivity index (χ2n) is 3.67. The second kappa shape index (κ2) is 3.90. The predicted octanol–water partition coefficient (Wildman–Crippen LogP) is -0.162. The third-order valence-electron chi connectivity index (χ3n) is 2.30. The van der Waals surface area contributed by atoms with Gasteiger partial charge in [0.15, 0.2) is 0 Å². The van der Waals surface area contributed by atoms with Gasteiger partial charge in [0.1, 0.15) is 5.82 Å². The van der Waals surface area contributed by atoms with Crippen LogP contribution in [0.2, 0.25) is 0 Å². The molecule has 0 bridgehead atoms. The first kappa shape index (κ1) is 10.6. The number of aliphatic hydroxyl groups is 1. The SMILES string of the molecule is O=S(=O)(CCCO)c1n[nH]c(C2CC2)n1. The van der Waals surface area contributed by atoms with Crippen LogP contribution in [0.5, 0.6) is 0 Å². The molecule has 2 rings (SSSR count). The molecule has 1 aromatic heterocycles. The quantitative estimate of drug-likeness (QED) is 0.734. The molecule has 15 heavy (non-hydrogen) atoms. The van der Waals surface area contributed by atoms with Gasteiger partial charge in [0.25, 0.3) is 5.16 Å². The van der Waals surface area contributed by atoms with Gasteiger partial charge in [-0.25, -0.2) is 13.4 Å². The molecule has 0 aliphatic heterocycles. The fourth-order valence-electron chi connectivity index (χ4n) is 1.28. The van der Waals surface area contributed by atoms with Gasteiger partial charge >= 0.3 is 0 Å². The zero-order chi connectivity index (χ0) is 10.9. The van der Waals surface area contributed by atoms with Crippen molar-refractivity contribution in [2.24, 2.45) is 0 Å². The average molecular weight is 231 g/mol. The highest BCUT2D eigenvalue weighted by atomic mass is 32.2. The number of hydrogen-bond acceptors (Lipinski definition) is 5. The van der Waals surface area contributed by atoms with Crippen LogP contribution in [-0.2, 0) is 9.84 Å². The first-order chi connectivity index (χ1) is 7.13. The molecule has 1 heterocycles. The van der Waals surface area contributed by atoms with Crippen LogP contribution in [0.3, 0.4) is 0 Å². The van der Waals surface area contributed by atoms with Crippen molar-refractivity contribution in [2.45, 2.75) is 30.3 Å². The Morgan fingerprint density at radius 3 is 2.80 bits per heavy atom. The number of aromatic nitrogens is 3. The lowest BCUT2D eigenvalue weighted by Crippen LogP contribution is -2.10. The maximum absolute atomic E-state index is 11.6. The third kappa shape index (κ3) is 2.35. The molecule has 0 amide bonds. The molecule has 0 unspecified atom stereocenters. The van der Waals surface area contributed by atoms with E-state index in [1.165, 1.54) is 0 Å². The summed E-state index contributed by atoms with van der Waals surface area (Å²) in [7, 11) is -3.42.